The Morgan fingerprint density at radius 1 is 1.33 bits per heavy atom. The van der Waals surface area contributed by atoms with E-state index in [1.807, 2.05) is 17.7 Å². The molecule has 2 aromatic rings. The molecule has 1 saturated heterocycles. The number of sulfonamides is 1. The molecule has 1 amide bonds. The number of piperidine rings is 1. The van der Waals surface area contributed by atoms with E-state index in [1.54, 1.807) is 18.6 Å². The molecule has 0 radical (unpaired) electrons. The number of aromatic nitrogens is 2. The van der Waals surface area contributed by atoms with Crippen LogP contribution >= 0.6 is 11.6 Å². The van der Waals surface area contributed by atoms with E-state index in [9.17, 15) is 13.2 Å². The quantitative estimate of drug-likeness (QED) is 0.587. The van der Waals surface area contributed by atoms with E-state index in [4.69, 9.17) is 16.3 Å². The van der Waals surface area contributed by atoms with Gasteiger partial charge in [-0.25, -0.2) is 13.4 Å². The second kappa shape index (κ2) is 10.3. The predicted octanol–water partition coefficient (Wildman–Crippen LogP) is 2.54. The lowest BCUT2D eigenvalue weighted by Crippen LogP contribution is -2.43. The van der Waals surface area contributed by atoms with Crippen LogP contribution in [0.3, 0.4) is 0 Å². The van der Waals surface area contributed by atoms with Crippen LogP contribution < -0.4 is 10.1 Å². The highest BCUT2D eigenvalue weighted by molar-refractivity contribution is 7.89. The van der Waals surface area contributed by atoms with Gasteiger partial charge in [-0.1, -0.05) is 11.6 Å². The normalized spacial score (nSPS) is 15.8. The minimum absolute atomic E-state index is 0.0122. The number of amides is 1. The van der Waals surface area contributed by atoms with Gasteiger partial charge in [0.25, 0.3) is 0 Å². The number of hydrogen-bond acceptors (Lipinski definition) is 5. The molecule has 0 saturated carbocycles. The zero-order chi connectivity index (χ0) is 21.6. The average Bonchev–Trinajstić information content (AvgIpc) is 3.26. The van der Waals surface area contributed by atoms with Gasteiger partial charge in [0, 0.05) is 44.5 Å². The summed E-state index contributed by atoms with van der Waals surface area (Å²) in [6.07, 6.45) is 7.16. The molecule has 0 unspecified atom stereocenters. The molecule has 1 aromatic carbocycles. The first kappa shape index (κ1) is 22.6. The molecule has 1 aliphatic heterocycles. The lowest BCUT2D eigenvalue weighted by molar-refractivity contribution is -0.126. The lowest BCUT2D eigenvalue weighted by atomic mass is 9.97. The molecule has 0 bridgehead atoms. The van der Waals surface area contributed by atoms with Crippen LogP contribution in [0.2, 0.25) is 5.02 Å². The molecule has 0 spiro atoms. The summed E-state index contributed by atoms with van der Waals surface area (Å²) < 4.78 is 34.6. The summed E-state index contributed by atoms with van der Waals surface area (Å²) in [5, 5.41) is 3.22. The first-order valence-corrected chi connectivity index (χ1v) is 11.9. The minimum Gasteiger partial charge on any atom is -0.492 e. The number of carbonyl (C=O) groups is 1. The Balaban J connectivity index is 1.49. The van der Waals surface area contributed by atoms with E-state index in [0.29, 0.717) is 44.8 Å². The molecule has 1 N–H and O–H groups in total. The van der Waals surface area contributed by atoms with Gasteiger partial charge in [0.15, 0.2) is 0 Å². The third-order valence-electron chi connectivity index (χ3n) is 5.12. The number of imidazole rings is 1. The summed E-state index contributed by atoms with van der Waals surface area (Å²) in [5.41, 5.74) is 0. The molecule has 164 valence electrons. The van der Waals surface area contributed by atoms with Crippen LogP contribution in [0.5, 0.6) is 5.75 Å². The van der Waals surface area contributed by atoms with Gasteiger partial charge in [0.2, 0.25) is 15.9 Å². The highest BCUT2D eigenvalue weighted by atomic mass is 35.5. The van der Waals surface area contributed by atoms with E-state index in [1.165, 1.54) is 16.4 Å². The van der Waals surface area contributed by atoms with Crippen LogP contribution in [-0.2, 0) is 21.4 Å². The third kappa shape index (κ3) is 5.53. The summed E-state index contributed by atoms with van der Waals surface area (Å²) in [5.74, 6) is 0.275. The summed E-state index contributed by atoms with van der Waals surface area (Å²) in [7, 11) is -3.66. The number of aryl methyl sites for hydroxylation is 1. The van der Waals surface area contributed by atoms with Gasteiger partial charge in [0.1, 0.15) is 5.75 Å². The van der Waals surface area contributed by atoms with Gasteiger partial charge in [-0.2, -0.15) is 4.31 Å². The largest absolute Gasteiger partial charge is 0.492 e. The van der Waals surface area contributed by atoms with Crippen molar-refractivity contribution in [2.45, 2.75) is 37.6 Å². The van der Waals surface area contributed by atoms with Crippen molar-refractivity contribution >= 4 is 27.5 Å². The van der Waals surface area contributed by atoms with Crippen LogP contribution in [-0.4, -0.2) is 54.4 Å². The monoisotopic (exact) mass is 454 g/mol. The first-order valence-electron chi connectivity index (χ1n) is 10.1. The zero-order valence-corrected chi connectivity index (χ0v) is 18.5. The van der Waals surface area contributed by atoms with Crippen molar-refractivity contribution in [3.8, 4) is 5.75 Å². The van der Waals surface area contributed by atoms with Gasteiger partial charge in [-0.05, 0) is 44.4 Å². The Bertz CT molecular complexity index is 942. The van der Waals surface area contributed by atoms with Crippen molar-refractivity contribution in [3.63, 3.8) is 0 Å². The van der Waals surface area contributed by atoms with Crippen molar-refractivity contribution in [2.24, 2.45) is 5.92 Å². The van der Waals surface area contributed by atoms with E-state index in [2.05, 4.69) is 10.3 Å². The molecule has 30 heavy (non-hydrogen) atoms. The van der Waals surface area contributed by atoms with Crippen LogP contribution in [0.1, 0.15) is 26.2 Å². The smallest absolute Gasteiger partial charge is 0.243 e. The van der Waals surface area contributed by atoms with Gasteiger partial charge < -0.3 is 14.6 Å². The van der Waals surface area contributed by atoms with Crippen molar-refractivity contribution < 1.29 is 17.9 Å². The van der Waals surface area contributed by atoms with Crippen LogP contribution in [0.15, 0.2) is 41.8 Å². The SMILES string of the molecule is CCOc1ccc(S(=O)(=O)N2CCC(C(=O)NCCCn3ccnc3)CC2)cc1Cl. The molecule has 2 heterocycles. The predicted molar refractivity (Wildman–Crippen MR) is 114 cm³/mol. The van der Waals surface area contributed by atoms with Crippen molar-refractivity contribution in [1.29, 1.82) is 0 Å². The second-order valence-electron chi connectivity index (χ2n) is 7.15. The van der Waals surface area contributed by atoms with Gasteiger partial charge >= 0.3 is 0 Å². The fraction of sp³-hybridized carbons (Fsp3) is 0.500. The summed E-state index contributed by atoms with van der Waals surface area (Å²) in [4.78, 5) is 16.5. The van der Waals surface area contributed by atoms with Crippen molar-refractivity contribution in [3.05, 3.63) is 41.9 Å². The second-order valence-corrected chi connectivity index (χ2v) is 9.49. The van der Waals surface area contributed by atoms with Gasteiger partial charge in [-0.3, -0.25) is 4.79 Å². The Morgan fingerprint density at radius 2 is 2.10 bits per heavy atom. The van der Waals surface area contributed by atoms with Gasteiger partial charge in [0.05, 0.1) is 22.9 Å². The lowest BCUT2D eigenvalue weighted by Gasteiger charge is -2.30. The third-order valence-corrected chi connectivity index (χ3v) is 7.31. The number of hydrogen-bond donors (Lipinski definition) is 1. The highest BCUT2D eigenvalue weighted by Crippen LogP contribution is 2.30. The maximum atomic E-state index is 12.9. The molecule has 1 aromatic heterocycles. The fourth-order valence-corrected chi connectivity index (χ4v) is 5.25. The Morgan fingerprint density at radius 3 is 2.73 bits per heavy atom. The van der Waals surface area contributed by atoms with Crippen LogP contribution in [0, 0.1) is 5.92 Å². The summed E-state index contributed by atoms with van der Waals surface area (Å²) >= 11 is 6.15. The Kier molecular flexibility index (Phi) is 7.74. The summed E-state index contributed by atoms with van der Waals surface area (Å²) in [6.45, 7) is 4.27. The average molecular weight is 455 g/mol. The molecule has 0 aliphatic carbocycles. The Hall–Kier alpha value is -2.10. The van der Waals surface area contributed by atoms with Gasteiger partial charge in [-0.15, -0.1) is 0 Å². The maximum absolute atomic E-state index is 12.9. The number of carbonyl (C=O) groups excluding carboxylic acids is 1. The number of rotatable bonds is 9. The van der Waals surface area contributed by atoms with E-state index in [0.717, 1.165) is 13.0 Å². The maximum Gasteiger partial charge on any atom is 0.243 e. The fourth-order valence-electron chi connectivity index (χ4n) is 3.46. The van der Waals surface area contributed by atoms with Crippen molar-refractivity contribution in [1.82, 2.24) is 19.2 Å². The number of halogens is 1. The minimum atomic E-state index is -3.66. The highest BCUT2D eigenvalue weighted by Gasteiger charge is 2.32. The van der Waals surface area contributed by atoms with E-state index >= 15 is 0 Å². The number of ether oxygens (including phenoxy) is 1. The molecule has 3 rings (SSSR count). The molecule has 8 nitrogen and oxygen atoms in total. The molecular weight excluding hydrogens is 428 g/mol. The number of nitrogens with zero attached hydrogens (tertiary/aromatic N) is 3. The molecule has 1 aliphatic rings. The van der Waals surface area contributed by atoms with Crippen molar-refractivity contribution in [2.75, 3.05) is 26.2 Å². The zero-order valence-electron chi connectivity index (χ0n) is 17.0. The summed E-state index contributed by atoms with van der Waals surface area (Å²) in [6, 6.07) is 4.49. The standard InChI is InChI=1S/C20H27ClN4O4S/c1-2-29-19-5-4-17(14-18(19)21)30(27,28)25-11-6-16(7-12-25)20(26)23-8-3-10-24-13-9-22-15-24/h4-5,9,13-16H,2-3,6-8,10-12H2,1H3,(H,23,26). The molecule has 1 fully saturated rings. The van der Waals surface area contributed by atoms with Crippen LogP contribution in [0.25, 0.3) is 0 Å². The van der Waals surface area contributed by atoms with E-state index in [-0.39, 0.29) is 21.7 Å². The van der Waals surface area contributed by atoms with Crippen LogP contribution in [0.4, 0.5) is 0 Å². The molecular formula is C20H27ClN4O4S. The topological polar surface area (TPSA) is 93.5 Å². The first-order chi connectivity index (χ1) is 14.4. The molecule has 0 atom stereocenters. The Labute approximate surface area is 182 Å². The molecule has 10 heteroatoms. The number of nitrogens with one attached hydrogen (secondary N) is 1. The number of benzene rings is 1. The van der Waals surface area contributed by atoms with E-state index < -0.39 is 10.0 Å².